The molecule has 2 aromatic rings. The van der Waals surface area contributed by atoms with E-state index in [1.807, 2.05) is 18.2 Å². The van der Waals surface area contributed by atoms with Crippen LogP contribution in [0.5, 0.6) is 11.5 Å². The number of fused-ring (bicyclic) bond motifs is 1. The summed E-state index contributed by atoms with van der Waals surface area (Å²) in [7, 11) is 0. The van der Waals surface area contributed by atoms with E-state index in [1.165, 1.54) is 6.33 Å². The van der Waals surface area contributed by atoms with Crippen LogP contribution < -0.4 is 14.8 Å². The third kappa shape index (κ3) is 2.25. The van der Waals surface area contributed by atoms with Gasteiger partial charge in [-0.1, -0.05) is 23.7 Å². The Labute approximate surface area is 119 Å². The topological polar surface area (TPSA) is 73.3 Å². The Bertz CT molecular complexity index is 663. The van der Waals surface area contributed by atoms with Crippen LogP contribution in [0, 0.1) is 0 Å². The maximum atomic E-state index is 11.0. The minimum Gasteiger partial charge on any atom is -0.454 e. The predicted molar refractivity (Wildman–Crippen MR) is 72.3 cm³/mol. The lowest BCUT2D eigenvalue weighted by Crippen LogP contribution is -2.06. The Hall–Kier alpha value is -2.34. The van der Waals surface area contributed by atoms with Crippen LogP contribution in [0.1, 0.15) is 15.9 Å². The predicted octanol–water partition coefficient (Wildman–Crippen LogP) is 2.28. The fourth-order valence-corrected chi connectivity index (χ4v) is 2.11. The molecule has 6 nitrogen and oxygen atoms in total. The highest BCUT2D eigenvalue weighted by molar-refractivity contribution is 6.32. The molecule has 2 heterocycles. The van der Waals surface area contributed by atoms with E-state index in [4.69, 9.17) is 21.1 Å². The zero-order valence-corrected chi connectivity index (χ0v) is 11.1. The second-order valence-electron chi connectivity index (χ2n) is 4.05. The molecule has 0 spiro atoms. The van der Waals surface area contributed by atoms with E-state index in [0.717, 1.165) is 5.56 Å². The summed E-state index contributed by atoms with van der Waals surface area (Å²) < 4.78 is 10.7. The van der Waals surface area contributed by atoms with Gasteiger partial charge in [-0.2, -0.15) is 0 Å². The quantitative estimate of drug-likeness (QED) is 0.688. The largest absolute Gasteiger partial charge is 0.454 e. The Morgan fingerprint density at radius 1 is 1.35 bits per heavy atom. The van der Waals surface area contributed by atoms with Gasteiger partial charge in [0, 0.05) is 12.1 Å². The van der Waals surface area contributed by atoms with Crippen molar-refractivity contribution >= 4 is 23.7 Å². The van der Waals surface area contributed by atoms with Crippen LogP contribution in [0.15, 0.2) is 24.5 Å². The van der Waals surface area contributed by atoms with E-state index in [1.54, 1.807) is 0 Å². The molecule has 1 aromatic carbocycles. The summed E-state index contributed by atoms with van der Waals surface area (Å²) in [5.74, 6) is 1.80. The van der Waals surface area contributed by atoms with Crippen LogP contribution in [0.2, 0.25) is 5.15 Å². The lowest BCUT2D eigenvalue weighted by Gasteiger charge is -2.09. The van der Waals surface area contributed by atoms with Crippen molar-refractivity contribution in [3.05, 3.63) is 40.8 Å². The van der Waals surface area contributed by atoms with Gasteiger partial charge in [0.25, 0.3) is 0 Å². The van der Waals surface area contributed by atoms with E-state index < -0.39 is 0 Å². The Kier molecular flexibility index (Phi) is 3.39. The van der Waals surface area contributed by atoms with Gasteiger partial charge in [0.2, 0.25) is 6.79 Å². The maximum Gasteiger partial charge on any atom is 0.231 e. The number of hydrogen-bond donors (Lipinski definition) is 1. The molecule has 1 aliphatic heterocycles. The first kappa shape index (κ1) is 12.7. The van der Waals surface area contributed by atoms with Crippen molar-refractivity contribution in [1.29, 1.82) is 0 Å². The summed E-state index contributed by atoms with van der Waals surface area (Å²) in [6.07, 6.45) is 1.92. The Morgan fingerprint density at radius 3 is 3.10 bits per heavy atom. The average molecular weight is 292 g/mol. The van der Waals surface area contributed by atoms with Gasteiger partial charge in [-0.25, -0.2) is 9.97 Å². The first-order chi connectivity index (χ1) is 9.79. The Morgan fingerprint density at radius 2 is 2.25 bits per heavy atom. The zero-order valence-electron chi connectivity index (χ0n) is 10.3. The van der Waals surface area contributed by atoms with Crippen LogP contribution >= 0.6 is 11.6 Å². The molecule has 0 fully saturated rings. The smallest absolute Gasteiger partial charge is 0.231 e. The van der Waals surface area contributed by atoms with Crippen molar-refractivity contribution in [1.82, 2.24) is 9.97 Å². The number of halogens is 1. The monoisotopic (exact) mass is 291 g/mol. The van der Waals surface area contributed by atoms with Gasteiger partial charge in [0.05, 0.1) is 5.56 Å². The number of rotatable bonds is 4. The number of benzene rings is 1. The molecule has 0 saturated carbocycles. The lowest BCUT2D eigenvalue weighted by molar-refractivity contribution is 0.112. The number of carbonyl (C=O) groups excluding carboxylic acids is 1. The molecule has 102 valence electrons. The number of nitrogens with one attached hydrogen (secondary N) is 1. The third-order valence-electron chi connectivity index (χ3n) is 2.88. The number of nitrogens with zero attached hydrogens (tertiary/aromatic N) is 2. The maximum absolute atomic E-state index is 11.0. The number of aromatic nitrogens is 2. The Balaban J connectivity index is 1.83. The molecule has 1 N–H and O–H groups in total. The van der Waals surface area contributed by atoms with Crippen LogP contribution in [-0.4, -0.2) is 23.0 Å². The number of anilines is 1. The highest BCUT2D eigenvalue weighted by Gasteiger charge is 2.17. The van der Waals surface area contributed by atoms with E-state index >= 15 is 0 Å². The van der Waals surface area contributed by atoms with Gasteiger partial charge >= 0.3 is 0 Å². The molecular weight excluding hydrogens is 282 g/mol. The molecule has 0 radical (unpaired) electrons. The molecular formula is C13H10ClN3O3. The van der Waals surface area contributed by atoms with Crippen molar-refractivity contribution < 1.29 is 14.3 Å². The zero-order chi connectivity index (χ0) is 13.9. The minimum atomic E-state index is 0.121. The van der Waals surface area contributed by atoms with Gasteiger partial charge in [-0.05, 0) is 6.07 Å². The van der Waals surface area contributed by atoms with E-state index in [-0.39, 0.29) is 17.5 Å². The molecule has 1 aliphatic rings. The van der Waals surface area contributed by atoms with Gasteiger partial charge in [-0.15, -0.1) is 0 Å². The second-order valence-corrected chi connectivity index (χ2v) is 4.41. The number of hydrogen-bond acceptors (Lipinski definition) is 6. The highest BCUT2D eigenvalue weighted by Crippen LogP contribution is 2.35. The van der Waals surface area contributed by atoms with Gasteiger partial charge in [-0.3, -0.25) is 4.79 Å². The highest BCUT2D eigenvalue weighted by atomic mass is 35.5. The normalized spacial score (nSPS) is 12.2. The molecule has 1 aromatic heterocycles. The van der Waals surface area contributed by atoms with Crippen molar-refractivity contribution in [3.63, 3.8) is 0 Å². The molecule has 0 aliphatic carbocycles. The van der Waals surface area contributed by atoms with Gasteiger partial charge < -0.3 is 14.8 Å². The molecule has 7 heteroatoms. The van der Waals surface area contributed by atoms with Gasteiger partial charge in [0.15, 0.2) is 17.8 Å². The molecule has 0 saturated heterocycles. The summed E-state index contributed by atoms with van der Waals surface area (Å²) in [5, 5.41) is 3.17. The minimum absolute atomic E-state index is 0.121. The lowest BCUT2D eigenvalue weighted by atomic mass is 10.2. The molecule has 0 atom stereocenters. The molecule has 20 heavy (non-hydrogen) atoms. The third-order valence-corrected chi connectivity index (χ3v) is 3.18. The molecule has 0 bridgehead atoms. The summed E-state index contributed by atoms with van der Waals surface area (Å²) in [5.41, 5.74) is 1.14. The standard InChI is InChI=1S/C13H10ClN3O3/c14-12-9(5-18)13(17-6-16-12)15-4-8-2-1-3-10-11(8)20-7-19-10/h1-3,5-6H,4,7H2,(H,15,16,17). The van der Waals surface area contributed by atoms with Crippen LogP contribution in [0.4, 0.5) is 5.82 Å². The number of aldehydes is 1. The van der Waals surface area contributed by atoms with Crippen molar-refractivity contribution in [3.8, 4) is 11.5 Å². The number of para-hydroxylation sites is 1. The summed E-state index contributed by atoms with van der Waals surface area (Å²) in [6.45, 7) is 0.645. The molecule has 0 unspecified atom stereocenters. The SMILES string of the molecule is O=Cc1c(Cl)ncnc1NCc1cccc2c1OCO2. The molecule has 3 rings (SSSR count). The number of carbonyl (C=O) groups is 1. The average Bonchev–Trinajstić information content (AvgIpc) is 2.94. The number of ether oxygens (including phenoxy) is 2. The fourth-order valence-electron chi connectivity index (χ4n) is 1.93. The van der Waals surface area contributed by atoms with Crippen LogP contribution in [0.3, 0.4) is 0 Å². The summed E-state index contributed by atoms with van der Waals surface area (Å²) in [6, 6.07) is 5.62. The van der Waals surface area contributed by atoms with Crippen molar-refractivity contribution in [2.75, 3.05) is 12.1 Å². The van der Waals surface area contributed by atoms with Crippen LogP contribution in [-0.2, 0) is 6.54 Å². The van der Waals surface area contributed by atoms with Crippen molar-refractivity contribution in [2.24, 2.45) is 0 Å². The summed E-state index contributed by atoms with van der Waals surface area (Å²) in [4.78, 5) is 18.8. The molecule has 0 amide bonds. The first-order valence-electron chi connectivity index (χ1n) is 5.86. The summed E-state index contributed by atoms with van der Waals surface area (Å²) >= 11 is 5.84. The van der Waals surface area contributed by atoms with E-state index in [0.29, 0.717) is 30.1 Å². The van der Waals surface area contributed by atoms with E-state index in [2.05, 4.69) is 15.3 Å². The van der Waals surface area contributed by atoms with E-state index in [9.17, 15) is 4.79 Å². The first-order valence-corrected chi connectivity index (χ1v) is 6.24. The second kappa shape index (κ2) is 5.34. The van der Waals surface area contributed by atoms with Gasteiger partial charge in [0.1, 0.15) is 17.3 Å². The van der Waals surface area contributed by atoms with Crippen molar-refractivity contribution in [2.45, 2.75) is 6.54 Å². The van der Waals surface area contributed by atoms with Crippen LogP contribution in [0.25, 0.3) is 0 Å². The fraction of sp³-hybridized carbons (Fsp3) is 0.154.